The van der Waals surface area contributed by atoms with Crippen molar-refractivity contribution < 1.29 is 17.9 Å². The van der Waals surface area contributed by atoms with Crippen LogP contribution in [-0.2, 0) is 14.6 Å². The fourth-order valence-electron chi connectivity index (χ4n) is 0.698. The molecule has 14 heavy (non-hydrogen) atoms. The fourth-order valence-corrected chi connectivity index (χ4v) is 1.93. The molecule has 0 aromatic carbocycles. The van der Waals surface area contributed by atoms with Crippen LogP contribution >= 0.6 is 11.6 Å². The predicted octanol–water partition coefficient (Wildman–Crippen LogP) is 2.44. The Kier molecular flexibility index (Phi) is 5.79. The van der Waals surface area contributed by atoms with Gasteiger partial charge in [0.2, 0.25) is 0 Å². The van der Waals surface area contributed by atoms with Crippen molar-refractivity contribution in [1.82, 2.24) is 0 Å². The summed E-state index contributed by atoms with van der Waals surface area (Å²) in [6.45, 7) is 3.26. The van der Waals surface area contributed by atoms with Crippen molar-refractivity contribution in [3.05, 3.63) is 11.2 Å². The van der Waals surface area contributed by atoms with E-state index in [0.29, 0.717) is 6.42 Å². The van der Waals surface area contributed by atoms with Crippen molar-refractivity contribution in [2.24, 2.45) is 0 Å². The second-order valence-corrected chi connectivity index (χ2v) is 5.35. The Bertz CT molecular complexity index is 318. The molecule has 0 heterocycles. The van der Waals surface area contributed by atoms with Crippen molar-refractivity contribution in [3.63, 3.8) is 0 Å². The predicted molar refractivity (Wildman–Crippen MR) is 54.8 cm³/mol. The van der Waals surface area contributed by atoms with Gasteiger partial charge in [0.1, 0.15) is 6.26 Å². The molecule has 0 amide bonds. The molecule has 0 N–H and O–H groups in total. The number of carbonyl (C=O) groups excluding carboxylic acids is 1. The molecule has 0 radical (unpaired) electrons. The lowest BCUT2D eigenvalue weighted by molar-refractivity contribution is 0.212. The van der Waals surface area contributed by atoms with Gasteiger partial charge in [0.25, 0.3) is 0 Å². The summed E-state index contributed by atoms with van der Waals surface area (Å²) in [6.07, 6.45) is 2.24. The molecular formula is C8H13ClO4S. The van der Waals surface area contributed by atoms with Crippen molar-refractivity contribution in [2.75, 3.05) is 5.75 Å². The molecule has 0 aliphatic carbocycles. The van der Waals surface area contributed by atoms with Crippen LogP contribution in [0.2, 0.25) is 0 Å². The van der Waals surface area contributed by atoms with E-state index in [1.807, 2.05) is 6.92 Å². The average molecular weight is 241 g/mol. The molecule has 82 valence electrons. The molecule has 0 bridgehead atoms. The Balaban J connectivity index is 4.42. The molecule has 0 aromatic rings. The van der Waals surface area contributed by atoms with Crippen LogP contribution in [-0.4, -0.2) is 19.6 Å². The quantitative estimate of drug-likeness (QED) is 0.547. The summed E-state index contributed by atoms with van der Waals surface area (Å²) in [7, 11) is -3.29. The van der Waals surface area contributed by atoms with Crippen LogP contribution in [0.5, 0.6) is 0 Å². The fraction of sp³-hybridized carbons (Fsp3) is 0.625. The Morgan fingerprint density at radius 3 is 2.50 bits per heavy atom. The van der Waals surface area contributed by atoms with Gasteiger partial charge in [0.05, 0.1) is 10.7 Å². The maximum atomic E-state index is 11.4. The topological polar surface area (TPSA) is 60.4 Å². The van der Waals surface area contributed by atoms with E-state index in [0.717, 1.165) is 12.7 Å². The first-order chi connectivity index (χ1) is 6.40. The highest BCUT2D eigenvalue weighted by Crippen LogP contribution is 2.09. The van der Waals surface area contributed by atoms with Gasteiger partial charge in [-0.15, -0.1) is 0 Å². The smallest absolute Gasteiger partial charge is 0.408 e. The van der Waals surface area contributed by atoms with E-state index in [-0.39, 0.29) is 10.7 Å². The van der Waals surface area contributed by atoms with Gasteiger partial charge in [-0.3, -0.25) is 0 Å². The minimum Gasteiger partial charge on any atom is -0.421 e. The lowest BCUT2D eigenvalue weighted by Crippen LogP contribution is -2.07. The Morgan fingerprint density at radius 1 is 1.50 bits per heavy atom. The first kappa shape index (κ1) is 13.4. The lowest BCUT2D eigenvalue weighted by Gasteiger charge is -2.02. The van der Waals surface area contributed by atoms with Crippen LogP contribution in [0.1, 0.15) is 26.7 Å². The summed E-state index contributed by atoms with van der Waals surface area (Å²) in [5.74, 6) is 0.0612. The second-order valence-electron chi connectivity index (χ2n) is 2.76. The van der Waals surface area contributed by atoms with Gasteiger partial charge in [-0.1, -0.05) is 13.3 Å². The number of sulfone groups is 1. The first-order valence-electron chi connectivity index (χ1n) is 4.15. The van der Waals surface area contributed by atoms with Crippen LogP contribution in [0, 0.1) is 0 Å². The molecular weight excluding hydrogens is 228 g/mol. The van der Waals surface area contributed by atoms with Crippen molar-refractivity contribution in [1.29, 1.82) is 0 Å². The lowest BCUT2D eigenvalue weighted by atomic mass is 10.4. The zero-order valence-electron chi connectivity index (χ0n) is 8.12. The average Bonchev–Trinajstić information content (AvgIpc) is 2.10. The molecule has 0 unspecified atom stereocenters. The molecule has 0 saturated carbocycles. The molecule has 0 aliphatic rings. The number of hydrogen-bond donors (Lipinski definition) is 0. The highest BCUT2D eigenvalue weighted by atomic mass is 35.5. The number of halogens is 1. The summed E-state index contributed by atoms with van der Waals surface area (Å²) < 4.78 is 27.1. The van der Waals surface area contributed by atoms with E-state index < -0.39 is 15.3 Å². The van der Waals surface area contributed by atoms with Gasteiger partial charge in [0, 0.05) is 11.6 Å². The molecule has 0 rings (SSSR count). The zero-order chi connectivity index (χ0) is 11.2. The molecule has 6 heteroatoms. The molecule has 4 nitrogen and oxygen atoms in total. The number of rotatable bonds is 5. The Labute approximate surface area is 88.8 Å². The minimum atomic E-state index is -3.29. The van der Waals surface area contributed by atoms with Crippen molar-refractivity contribution >= 4 is 26.9 Å². The Hall–Kier alpha value is -0.550. The van der Waals surface area contributed by atoms with Crippen LogP contribution < -0.4 is 0 Å². The number of hydrogen-bond acceptors (Lipinski definition) is 4. The molecule has 0 saturated heterocycles. The summed E-state index contributed by atoms with van der Waals surface area (Å²) in [6, 6.07) is 0. The highest BCUT2D eigenvalue weighted by Gasteiger charge is 2.13. The molecule has 0 aliphatic heterocycles. The third kappa shape index (κ3) is 5.24. The SMILES string of the molecule is CCCCS(=O)(=O)C(C)=COC(=O)Cl. The maximum absolute atomic E-state index is 11.4. The van der Waals surface area contributed by atoms with E-state index in [4.69, 9.17) is 11.6 Å². The number of unbranched alkanes of at least 4 members (excludes halogenated alkanes) is 1. The van der Waals surface area contributed by atoms with Crippen LogP contribution in [0.15, 0.2) is 11.2 Å². The van der Waals surface area contributed by atoms with Gasteiger partial charge in [-0.25, -0.2) is 13.2 Å². The molecule has 0 spiro atoms. The standard InChI is InChI=1S/C8H13ClO4S/c1-3-4-5-14(11,12)7(2)6-13-8(9)10/h6H,3-5H2,1-2H3. The summed E-state index contributed by atoms with van der Waals surface area (Å²) in [5.41, 5.74) is -1.05. The van der Waals surface area contributed by atoms with Gasteiger partial charge in [-0.2, -0.15) is 0 Å². The molecule has 0 aromatic heterocycles. The molecule has 0 fully saturated rings. The van der Waals surface area contributed by atoms with E-state index in [1.165, 1.54) is 6.92 Å². The summed E-state index contributed by atoms with van der Waals surface area (Å²) in [4.78, 5) is 10.2. The molecule has 0 atom stereocenters. The van der Waals surface area contributed by atoms with Crippen molar-refractivity contribution in [2.45, 2.75) is 26.7 Å². The minimum absolute atomic E-state index is 0.0138. The first-order valence-corrected chi connectivity index (χ1v) is 6.19. The largest absolute Gasteiger partial charge is 0.421 e. The van der Waals surface area contributed by atoms with E-state index in [1.54, 1.807) is 0 Å². The summed E-state index contributed by atoms with van der Waals surface area (Å²) >= 11 is 4.88. The van der Waals surface area contributed by atoms with Gasteiger partial charge < -0.3 is 4.74 Å². The number of allylic oxidation sites excluding steroid dienone is 1. The van der Waals surface area contributed by atoms with Crippen molar-refractivity contribution in [3.8, 4) is 0 Å². The third-order valence-electron chi connectivity index (χ3n) is 1.57. The zero-order valence-corrected chi connectivity index (χ0v) is 9.69. The number of ether oxygens (including phenoxy) is 1. The van der Waals surface area contributed by atoms with Crippen LogP contribution in [0.25, 0.3) is 0 Å². The third-order valence-corrected chi connectivity index (χ3v) is 3.57. The van der Waals surface area contributed by atoms with E-state index in [2.05, 4.69) is 4.74 Å². The highest BCUT2D eigenvalue weighted by molar-refractivity contribution is 7.95. The van der Waals surface area contributed by atoms with Gasteiger partial charge >= 0.3 is 5.43 Å². The van der Waals surface area contributed by atoms with Crippen LogP contribution in [0.4, 0.5) is 4.79 Å². The normalized spacial score (nSPS) is 12.6. The van der Waals surface area contributed by atoms with E-state index >= 15 is 0 Å². The van der Waals surface area contributed by atoms with Crippen LogP contribution in [0.3, 0.4) is 0 Å². The number of carbonyl (C=O) groups is 1. The monoisotopic (exact) mass is 240 g/mol. The maximum Gasteiger partial charge on any atom is 0.408 e. The Morgan fingerprint density at radius 2 is 2.07 bits per heavy atom. The second kappa shape index (κ2) is 6.03. The summed E-state index contributed by atoms with van der Waals surface area (Å²) in [5, 5.41) is 0. The van der Waals surface area contributed by atoms with Gasteiger partial charge in [-0.05, 0) is 13.3 Å². The van der Waals surface area contributed by atoms with E-state index in [9.17, 15) is 13.2 Å². The van der Waals surface area contributed by atoms with Gasteiger partial charge in [0.15, 0.2) is 9.84 Å².